The topological polar surface area (TPSA) is 53.0 Å². The Morgan fingerprint density at radius 1 is 1.19 bits per heavy atom. The van der Waals surface area contributed by atoms with Gasteiger partial charge < -0.3 is 14.8 Å². The predicted octanol–water partition coefficient (Wildman–Crippen LogP) is 2.81. The fourth-order valence-electron chi connectivity index (χ4n) is 4.27. The fraction of sp³-hybridized carbons (Fsp3) is 0.476. The summed E-state index contributed by atoms with van der Waals surface area (Å²) in [5, 5.41) is 13.0. The van der Waals surface area contributed by atoms with Crippen LogP contribution in [0.5, 0.6) is 0 Å². The number of rotatable bonds is 2. The van der Waals surface area contributed by atoms with Crippen molar-refractivity contribution < 1.29 is 14.7 Å². The number of carbonyl (C=O) groups excluding carboxylic acids is 1. The van der Waals surface area contributed by atoms with Gasteiger partial charge in [0, 0.05) is 25.7 Å². The van der Waals surface area contributed by atoms with E-state index in [-0.39, 0.29) is 11.7 Å². The number of hydroxylamine groups is 2. The Labute approximate surface area is 155 Å². The highest BCUT2D eigenvalue weighted by Gasteiger charge is 2.52. The van der Waals surface area contributed by atoms with E-state index in [1.807, 2.05) is 31.0 Å². The number of carbonyl (C=O) groups is 1. The van der Waals surface area contributed by atoms with Crippen LogP contribution in [0.1, 0.15) is 42.0 Å². The van der Waals surface area contributed by atoms with Gasteiger partial charge in [-0.1, -0.05) is 5.92 Å². The van der Waals surface area contributed by atoms with Crippen molar-refractivity contribution in [2.45, 2.75) is 39.2 Å². The standard InChI is InChI=1S/C21H26N2O3/c1-6-7-16-12-14(2)17(15(3)13-16)18-19(24)21(22(4)20(18)25)8-10-23(26-5)11-9-21/h12-13,24H,8-11H2,1-5H3. The maximum atomic E-state index is 13.1. The molecule has 5 heteroatoms. The summed E-state index contributed by atoms with van der Waals surface area (Å²) in [6.07, 6.45) is 1.30. The average Bonchev–Trinajstić information content (AvgIpc) is 2.78. The molecule has 0 atom stereocenters. The first-order valence-corrected chi connectivity index (χ1v) is 8.91. The van der Waals surface area contributed by atoms with Crippen LogP contribution in [0.15, 0.2) is 17.9 Å². The van der Waals surface area contributed by atoms with Gasteiger partial charge in [0.25, 0.3) is 5.91 Å². The monoisotopic (exact) mass is 354 g/mol. The van der Waals surface area contributed by atoms with Crippen LogP contribution in [-0.4, -0.2) is 53.8 Å². The highest BCUT2D eigenvalue weighted by Crippen LogP contribution is 2.45. The van der Waals surface area contributed by atoms with E-state index in [1.165, 1.54) is 0 Å². The number of hydrogen-bond donors (Lipinski definition) is 1. The van der Waals surface area contributed by atoms with Crippen molar-refractivity contribution in [3.05, 3.63) is 40.1 Å². The van der Waals surface area contributed by atoms with Crippen LogP contribution in [-0.2, 0) is 9.63 Å². The Morgan fingerprint density at radius 2 is 1.77 bits per heavy atom. The second-order valence-corrected chi connectivity index (χ2v) is 7.09. The van der Waals surface area contributed by atoms with Gasteiger partial charge in [0.15, 0.2) is 0 Å². The Bertz CT molecular complexity index is 814. The number of piperidine rings is 1. The summed E-state index contributed by atoms with van der Waals surface area (Å²) >= 11 is 0. The lowest BCUT2D eigenvalue weighted by Gasteiger charge is -2.42. The second-order valence-electron chi connectivity index (χ2n) is 7.09. The SMILES string of the molecule is CC#Cc1cc(C)c(C2=C(O)C3(CCN(OC)CC3)N(C)C2=O)c(C)c1. The third kappa shape index (κ3) is 2.70. The van der Waals surface area contributed by atoms with E-state index >= 15 is 0 Å². The molecular weight excluding hydrogens is 328 g/mol. The van der Waals surface area contributed by atoms with E-state index in [0.717, 1.165) is 22.3 Å². The first-order chi connectivity index (χ1) is 12.4. The third-order valence-electron chi connectivity index (χ3n) is 5.70. The molecule has 0 aromatic heterocycles. The molecule has 0 unspecified atom stereocenters. The maximum absolute atomic E-state index is 13.1. The molecule has 0 aliphatic carbocycles. The Balaban J connectivity index is 2.10. The molecule has 1 spiro atoms. The van der Waals surface area contributed by atoms with Crippen molar-refractivity contribution in [2.24, 2.45) is 0 Å². The van der Waals surface area contributed by atoms with Crippen molar-refractivity contribution in [3.63, 3.8) is 0 Å². The summed E-state index contributed by atoms with van der Waals surface area (Å²) in [5.41, 5.74) is 3.46. The van der Waals surface area contributed by atoms with Gasteiger partial charge in [-0.3, -0.25) is 4.79 Å². The zero-order chi connectivity index (χ0) is 19.1. The maximum Gasteiger partial charge on any atom is 0.258 e. The molecule has 5 nitrogen and oxygen atoms in total. The van der Waals surface area contributed by atoms with E-state index in [0.29, 0.717) is 31.5 Å². The number of nitrogens with zero attached hydrogens (tertiary/aromatic N) is 2. The molecule has 3 rings (SSSR count). The van der Waals surface area contributed by atoms with Crippen LogP contribution in [0.4, 0.5) is 0 Å². The van der Waals surface area contributed by atoms with Gasteiger partial charge in [-0.2, -0.15) is 5.06 Å². The molecular formula is C21H26N2O3. The minimum atomic E-state index is -0.637. The summed E-state index contributed by atoms with van der Waals surface area (Å²) in [6, 6.07) is 3.95. The molecule has 1 amide bonds. The van der Waals surface area contributed by atoms with Crippen LogP contribution < -0.4 is 0 Å². The van der Waals surface area contributed by atoms with Crippen molar-refractivity contribution in [1.29, 1.82) is 0 Å². The molecule has 0 saturated carbocycles. The van der Waals surface area contributed by atoms with Crippen LogP contribution >= 0.6 is 0 Å². The highest BCUT2D eigenvalue weighted by atomic mass is 16.7. The molecule has 1 N–H and O–H groups in total. The van der Waals surface area contributed by atoms with Gasteiger partial charge in [-0.05, 0) is 62.4 Å². The smallest absolute Gasteiger partial charge is 0.258 e. The normalized spacial score (nSPS) is 19.9. The van der Waals surface area contributed by atoms with E-state index < -0.39 is 5.54 Å². The number of aryl methyl sites for hydroxylation is 2. The zero-order valence-corrected chi connectivity index (χ0v) is 16.1. The molecule has 0 bridgehead atoms. The molecule has 1 aromatic rings. The number of hydrogen-bond acceptors (Lipinski definition) is 4. The zero-order valence-electron chi connectivity index (χ0n) is 16.1. The van der Waals surface area contributed by atoms with Gasteiger partial charge in [-0.15, -0.1) is 5.92 Å². The molecule has 26 heavy (non-hydrogen) atoms. The summed E-state index contributed by atoms with van der Waals surface area (Å²) in [5.74, 6) is 6.05. The van der Waals surface area contributed by atoms with Crippen LogP contribution in [0.2, 0.25) is 0 Å². The van der Waals surface area contributed by atoms with Crippen molar-refractivity contribution >= 4 is 11.5 Å². The Kier molecular flexibility index (Phi) is 4.83. The molecule has 138 valence electrons. The van der Waals surface area contributed by atoms with Crippen LogP contribution in [0.3, 0.4) is 0 Å². The van der Waals surface area contributed by atoms with E-state index in [9.17, 15) is 9.90 Å². The summed E-state index contributed by atoms with van der Waals surface area (Å²) < 4.78 is 0. The minimum Gasteiger partial charge on any atom is -0.509 e. The van der Waals surface area contributed by atoms with Crippen molar-refractivity contribution in [2.75, 3.05) is 27.2 Å². The third-order valence-corrected chi connectivity index (χ3v) is 5.70. The molecule has 1 saturated heterocycles. The van der Waals surface area contributed by atoms with E-state index in [2.05, 4.69) is 11.8 Å². The minimum absolute atomic E-state index is 0.117. The molecule has 2 aliphatic heterocycles. The molecule has 1 aromatic carbocycles. The number of benzene rings is 1. The Morgan fingerprint density at radius 3 is 2.27 bits per heavy atom. The van der Waals surface area contributed by atoms with Gasteiger partial charge in [-0.25, -0.2) is 0 Å². The highest BCUT2D eigenvalue weighted by molar-refractivity contribution is 6.23. The first-order valence-electron chi connectivity index (χ1n) is 8.91. The quantitative estimate of drug-likeness (QED) is 0.830. The van der Waals surface area contributed by atoms with E-state index in [4.69, 9.17) is 4.84 Å². The molecule has 1 fully saturated rings. The van der Waals surface area contributed by atoms with Gasteiger partial charge in [0.05, 0.1) is 12.7 Å². The number of likely N-dealkylation sites (N-methyl/N-ethyl adjacent to an activating group) is 1. The fourth-order valence-corrected chi connectivity index (χ4v) is 4.27. The molecule has 2 aliphatic rings. The summed E-state index contributed by atoms with van der Waals surface area (Å²) in [6.45, 7) is 7.09. The van der Waals surface area contributed by atoms with Crippen molar-refractivity contribution in [1.82, 2.24) is 9.96 Å². The lowest BCUT2D eigenvalue weighted by Crippen LogP contribution is -2.53. The Hall–Kier alpha value is -2.29. The predicted molar refractivity (Wildman–Crippen MR) is 101 cm³/mol. The number of aliphatic hydroxyl groups is 1. The molecule has 0 radical (unpaired) electrons. The first kappa shape index (κ1) is 18.5. The average molecular weight is 354 g/mol. The molecule has 2 heterocycles. The van der Waals surface area contributed by atoms with Crippen LogP contribution in [0, 0.1) is 25.7 Å². The lowest BCUT2D eigenvalue weighted by atomic mass is 9.84. The van der Waals surface area contributed by atoms with Gasteiger partial charge in [0.1, 0.15) is 11.3 Å². The van der Waals surface area contributed by atoms with Crippen molar-refractivity contribution in [3.8, 4) is 11.8 Å². The second kappa shape index (κ2) is 6.79. The number of amides is 1. The largest absolute Gasteiger partial charge is 0.509 e. The lowest BCUT2D eigenvalue weighted by molar-refractivity contribution is -0.162. The van der Waals surface area contributed by atoms with E-state index in [1.54, 1.807) is 26.0 Å². The number of aliphatic hydroxyl groups excluding tert-OH is 1. The summed E-state index contributed by atoms with van der Waals surface area (Å²) in [4.78, 5) is 20.1. The van der Waals surface area contributed by atoms with Gasteiger partial charge in [0.2, 0.25) is 0 Å². The van der Waals surface area contributed by atoms with Gasteiger partial charge >= 0.3 is 0 Å². The summed E-state index contributed by atoms with van der Waals surface area (Å²) in [7, 11) is 3.44. The van der Waals surface area contributed by atoms with Crippen LogP contribution in [0.25, 0.3) is 5.57 Å².